The van der Waals surface area contributed by atoms with Gasteiger partial charge in [-0.1, -0.05) is 54.1 Å². The number of fused-ring (bicyclic) bond motifs is 1. The zero-order valence-corrected chi connectivity index (χ0v) is 14.9. The molecule has 2 aromatic carbocycles. The summed E-state index contributed by atoms with van der Waals surface area (Å²) in [6.07, 6.45) is 0. The summed E-state index contributed by atoms with van der Waals surface area (Å²) in [6, 6.07) is 18.1. The first kappa shape index (κ1) is 16.4. The van der Waals surface area contributed by atoms with Gasteiger partial charge in [-0.2, -0.15) is 5.26 Å². The normalized spacial score (nSPS) is 10.8. The molecule has 0 bridgehead atoms. The summed E-state index contributed by atoms with van der Waals surface area (Å²) in [7, 11) is 0. The van der Waals surface area contributed by atoms with Crippen LogP contribution in [0.3, 0.4) is 0 Å². The minimum atomic E-state index is -0.428. The second kappa shape index (κ2) is 6.34. The molecule has 0 fully saturated rings. The molecule has 2 heterocycles. The SMILES string of the molecule is N#Cc1cccc(-c2c(O)c3c(-c4ccccc4)c(Cl)sc3[nH]c2=O)c1. The van der Waals surface area contributed by atoms with Gasteiger partial charge in [0, 0.05) is 5.56 Å². The minimum Gasteiger partial charge on any atom is -0.506 e. The van der Waals surface area contributed by atoms with Gasteiger partial charge < -0.3 is 10.1 Å². The van der Waals surface area contributed by atoms with Crippen molar-refractivity contribution in [1.82, 2.24) is 4.98 Å². The molecule has 2 N–H and O–H groups in total. The van der Waals surface area contributed by atoms with Gasteiger partial charge in [0.1, 0.15) is 14.9 Å². The molecular weight excluding hydrogens is 368 g/mol. The molecule has 0 aliphatic carbocycles. The summed E-state index contributed by atoms with van der Waals surface area (Å²) in [6.45, 7) is 0. The summed E-state index contributed by atoms with van der Waals surface area (Å²) in [4.78, 5) is 15.9. The van der Waals surface area contributed by atoms with E-state index in [0.29, 0.717) is 31.2 Å². The highest BCUT2D eigenvalue weighted by Crippen LogP contribution is 2.46. The van der Waals surface area contributed by atoms with E-state index in [2.05, 4.69) is 4.98 Å². The summed E-state index contributed by atoms with van der Waals surface area (Å²) in [5.74, 6) is -0.138. The minimum absolute atomic E-state index is 0.126. The van der Waals surface area contributed by atoms with Crippen molar-refractivity contribution in [2.24, 2.45) is 0 Å². The Labute approximate surface area is 157 Å². The number of nitrogens with one attached hydrogen (secondary N) is 1. The fourth-order valence-corrected chi connectivity index (χ4v) is 4.37. The van der Waals surface area contributed by atoms with E-state index in [0.717, 1.165) is 5.56 Å². The number of H-pyrrole nitrogens is 1. The van der Waals surface area contributed by atoms with Gasteiger partial charge in [-0.15, -0.1) is 11.3 Å². The van der Waals surface area contributed by atoms with E-state index in [1.165, 1.54) is 11.3 Å². The van der Waals surface area contributed by atoms with Crippen LogP contribution in [-0.2, 0) is 0 Å². The van der Waals surface area contributed by atoms with E-state index in [1.807, 2.05) is 36.4 Å². The summed E-state index contributed by atoms with van der Waals surface area (Å²) < 4.78 is 0.486. The van der Waals surface area contributed by atoms with Crippen LogP contribution < -0.4 is 5.56 Å². The number of nitrogens with zero attached hydrogens (tertiary/aromatic N) is 1. The third-order valence-corrected chi connectivity index (χ3v) is 5.45. The molecule has 4 aromatic rings. The number of hydrogen-bond donors (Lipinski definition) is 2. The molecule has 126 valence electrons. The highest BCUT2D eigenvalue weighted by molar-refractivity contribution is 7.23. The Bertz CT molecular complexity index is 1240. The number of thiophene rings is 1. The molecule has 0 saturated carbocycles. The lowest BCUT2D eigenvalue weighted by molar-refractivity contribution is 0.483. The van der Waals surface area contributed by atoms with Gasteiger partial charge in [-0.25, -0.2) is 0 Å². The lowest BCUT2D eigenvalue weighted by atomic mass is 9.99. The van der Waals surface area contributed by atoms with Crippen LogP contribution in [0.25, 0.3) is 32.5 Å². The topological polar surface area (TPSA) is 76.9 Å². The molecule has 0 atom stereocenters. The molecule has 0 saturated heterocycles. The third-order valence-electron chi connectivity index (χ3n) is 4.14. The number of halogens is 1. The monoisotopic (exact) mass is 378 g/mol. The van der Waals surface area contributed by atoms with E-state index in [1.54, 1.807) is 24.3 Å². The van der Waals surface area contributed by atoms with Crippen LogP contribution in [0, 0.1) is 11.3 Å². The van der Waals surface area contributed by atoms with Crippen molar-refractivity contribution >= 4 is 33.2 Å². The molecule has 0 radical (unpaired) electrons. The van der Waals surface area contributed by atoms with Crippen LogP contribution in [0.5, 0.6) is 5.75 Å². The quantitative estimate of drug-likeness (QED) is 0.506. The Kier molecular flexibility index (Phi) is 4.00. The highest BCUT2D eigenvalue weighted by Gasteiger charge is 2.21. The van der Waals surface area contributed by atoms with Gasteiger partial charge >= 0.3 is 0 Å². The molecule has 2 aromatic heterocycles. The fraction of sp³-hybridized carbons (Fsp3) is 0. The molecule has 26 heavy (non-hydrogen) atoms. The molecule has 4 nitrogen and oxygen atoms in total. The fourth-order valence-electron chi connectivity index (χ4n) is 2.99. The second-order valence-corrected chi connectivity index (χ2v) is 7.31. The van der Waals surface area contributed by atoms with Gasteiger partial charge in [0.05, 0.1) is 22.6 Å². The van der Waals surface area contributed by atoms with E-state index in [4.69, 9.17) is 16.9 Å². The van der Waals surface area contributed by atoms with Crippen molar-refractivity contribution in [1.29, 1.82) is 5.26 Å². The number of aromatic amines is 1. The molecule has 0 spiro atoms. The van der Waals surface area contributed by atoms with Gasteiger partial charge in [0.15, 0.2) is 0 Å². The van der Waals surface area contributed by atoms with Crippen molar-refractivity contribution in [2.75, 3.05) is 0 Å². The summed E-state index contributed by atoms with van der Waals surface area (Å²) in [5.41, 5.74) is 2.12. The van der Waals surface area contributed by atoms with Crippen LogP contribution in [0.15, 0.2) is 59.4 Å². The molecular formula is C20H11ClN2O2S. The van der Waals surface area contributed by atoms with Crippen molar-refractivity contribution in [2.45, 2.75) is 0 Å². The molecule has 0 aliphatic rings. The highest BCUT2D eigenvalue weighted by atomic mass is 35.5. The van der Waals surface area contributed by atoms with Crippen molar-refractivity contribution in [3.8, 4) is 34.1 Å². The van der Waals surface area contributed by atoms with Gasteiger partial charge in [0.25, 0.3) is 5.56 Å². The summed E-state index contributed by atoms with van der Waals surface area (Å²) in [5, 5.41) is 20.6. The number of aromatic nitrogens is 1. The zero-order valence-electron chi connectivity index (χ0n) is 13.3. The lowest BCUT2D eigenvalue weighted by Gasteiger charge is -2.08. The maximum absolute atomic E-state index is 12.6. The Morgan fingerprint density at radius 1 is 1.04 bits per heavy atom. The average molecular weight is 379 g/mol. The Morgan fingerprint density at radius 3 is 2.50 bits per heavy atom. The average Bonchev–Trinajstić information content (AvgIpc) is 2.98. The van der Waals surface area contributed by atoms with Crippen molar-refractivity contribution in [3.63, 3.8) is 0 Å². The van der Waals surface area contributed by atoms with E-state index in [9.17, 15) is 9.90 Å². The molecule has 6 heteroatoms. The van der Waals surface area contributed by atoms with Crippen LogP contribution in [0.2, 0.25) is 4.34 Å². The Morgan fingerprint density at radius 2 is 1.77 bits per heavy atom. The second-order valence-electron chi connectivity index (χ2n) is 5.69. The first-order valence-corrected chi connectivity index (χ1v) is 8.93. The largest absolute Gasteiger partial charge is 0.506 e. The number of benzene rings is 2. The maximum atomic E-state index is 12.6. The first-order chi connectivity index (χ1) is 12.6. The summed E-state index contributed by atoms with van der Waals surface area (Å²) >= 11 is 7.63. The van der Waals surface area contributed by atoms with Crippen LogP contribution in [-0.4, -0.2) is 10.1 Å². The number of hydrogen-bond acceptors (Lipinski definition) is 4. The standard InChI is InChI=1S/C20H11ClN2O2S/c21-18-14(12-6-2-1-3-7-12)16-17(24)15(19(25)23-20(16)26-18)13-8-4-5-11(9-13)10-22/h1-9H,(H2,23,24,25). The van der Waals surface area contributed by atoms with E-state index >= 15 is 0 Å². The van der Waals surface area contributed by atoms with E-state index < -0.39 is 5.56 Å². The molecule has 0 amide bonds. The van der Waals surface area contributed by atoms with Gasteiger partial charge in [-0.3, -0.25) is 4.79 Å². The number of aromatic hydroxyl groups is 1. The Hall–Kier alpha value is -3.07. The predicted molar refractivity (Wildman–Crippen MR) is 105 cm³/mol. The van der Waals surface area contributed by atoms with Gasteiger partial charge in [0.2, 0.25) is 0 Å². The maximum Gasteiger partial charge on any atom is 0.260 e. The molecule has 4 rings (SSSR count). The van der Waals surface area contributed by atoms with Crippen molar-refractivity contribution in [3.05, 3.63) is 74.9 Å². The lowest BCUT2D eigenvalue weighted by Crippen LogP contribution is -2.08. The van der Waals surface area contributed by atoms with E-state index in [-0.39, 0.29) is 11.3 Å². The first-order valence-electron chi connectivity index (χ1n) is 7.73. The smallest absolute Gasteiger partial charge is 0.260 e. The third kappa shape index (κ3) is 2.57. The number of pyridine rings is 1. The molecule has 0 aliphatic heterocycles. The molecule has 0 unspecified atom stereocenters. The predicted octanol–water partition coefficient (Wildman–Crippen LogP) is 5.15. The number of nitriles is 1. The van der Waals surface area contributed by atoms with Crippen LogP contribution in [0.4, 0.5) is 0 Å². The number of rotatable bonds is 2. The van der Waals surface area contributed by atoms with Crippen molar-refractivity contribution < 1.29 is 5.11 Å². The Balaban J connectivity index is 2.08. The van der Waals surface area contributed by atoms with Gasteiger partial charge in [-0.05, 0) is 23.3 Å². The zero-order chi connectivity index (χ0) is 18.3. The van der Waals surface area contributed by atoms with Crippen LogP contribution in [0.1, 0.15) is 5.56 Å². The van der Waals surface area contributed by atoms with Crippen LogP contribution >= 0.6 is 22.9 Å².